The van der Waals surface area contributed by atoms with Crippen molar-refractivity contribution in [2.75, 3.05) is 0 Å². The van der Waals surface area contributed by atoms with Crippen molar-refractivity contribution in [3.05, 3.63) is 95.8 Å². The molecular weight excluding hydrogens is 923 g/mol. The molecule has 8 bridgehead atoms. The van der Waals surface area contributed by atoms with Crippen molar-refractivity contribution in [2.45, 2.75) is 120 Å². The number of aryl methyl sites for hydroxylation is 2. The van der Waals surface area contributed by atoms with E-state index in [1.54, 1.807) is 6.08 Å². The van der Waals surface area contributed by atoms with Gasteiger partial charge in [0.25, 0.3) is 0 Å². The molecule has 8 fully saturated rings. The fraction of sp³-hybridized carbons (Fsp3) is 0.529. The van der Waals surface area contributed by atoms with Crippen LogP contribution in [0.5, 0.6) is 0 Å². The Morgan fingerprint density at radius 3 is 1.86 bits per heavy atom. The van der Waals surface area contributed by atoms with E-state index in [9.17, 15) is 9.90 Å². The van der Waals surface area contributed by atoms with Gasteiger partial charge in [0.05, 0.1) is 0 Å². The first-order valence-electron chi connectivity index (χ1n) is 22.0. The molecular formula is C51H60GeIrNO2-. The minimum absolute atomic E-state index is 0. The monoisotopic (exact) mass is 985 g/mol. The summed E-state index contributed by atoms with van der Waals surface area (Å²) >= 11 is -1.93. The summed E-state index contributed by atoms with van der Waals surface area (Å²) in [5.74, 6) is 13.0. The Kier molecular flexibility index (Phi) is 10.4. The number of rotatable bonds is 6. The number of carbonyl (C=O) groups excluding carboxylic acids is 1. The fourth-order valence-electron chi connectivity index (χ4n) is 13.8. The van der Waals surface area contributed by atoms with Gasteiger partial charge >= 0.3 is 183 Å². The molecule has 1 heterocycles. The number of hydrogen-bond donors (Lipinski definition) is 1. The van der Waals surface area contributed by atoms with Crippen molar-refractivity contribution in [3.8, 4) is 22.4 Å². The van der Waals surface area contributed by atoms with Crippen molar-refractivity contribution in [3.63, 3.8) is 0 Å². The minimum atomic E-state index is -1.93. The average molecular weight is 984 g/mol. The minimum Gasteiger partial charge on any atom is 0 e. The Hall–Kier alpha value is -2.53. The van der Waals surface area contributed by atoms with Crippen LogP contribution in [-0.2, 0) is 37.7 Å². The topological polar surface area (TPSA) is 50.2 Å². The molecule has 56 heavy (non-hydrogen) atoms. The summed E-state index contributed by atoms with van der Waals surface area (Å²) in [6.07, 6.45) is 21.8. The molecule has 0 unspecified atom stereocenters. The van der Waals surface area contributed by atoms with Gasteiger partial charge in [-0.25, -0.2) is 0 Å². The van der Waals surface area contributed by atoms with Gasteiger partial charge in [0, 0.05) is 37.0 Å². The number of aliphatic hydroxyl groups excluding tert-OH is 1. The largest absolute Gasteiger partial charge is 0 e. The number of ketones is 1. The van der Waals surface area contributed by atoms with E-state index in [0.29, 0.717) is 11.5 Å². The van der Waals surface area contributed by atoms with Crippen LogP contribution < -0.4 is 4.40 Å². The summed E-state index contributed by atoms with van der Waals surface area (Å²) in [5, 5.41) is 12.4. The number of pyridine rings is 1. The van der Waals surface area contributed by atoms with Crippen molar-refractivity contribution in [1.29, 1.82) is 0 Å². The van der Waals surface area contributed by atoms with Gasteiger partial charge in [0.2, 0.25) is 0 Å². The maximum Gasteiger partial charge on any atom is 0 e. The first-order chi connectivity index (χ1) is 26.5. The first-order valence-corrected chi connectivity index (χ1v) is 29.4. The van der Waals surface area contributed by atoms with Crippen LogP contribution in [0.3, 0.4) is 0 Å². The summed E-state index contributed by atoms with van der Waals surface area (Å²) < 4.78 is 1.52. The second-order valence-electron chi connectivity index (χ2n) is 20.8. The molecule has 9 aliphatic rings. The van der Waals surface area contributed by atoms with E-state index in [1.807, 2.05) is 0 Å². The predicted octanol–water partition coefficient (Wildman–Crippen LogP) is 12.2. The summed E-state index contributed by atoms with van der Waals surface area (Å²) in [7, 11) is 0. The molecule has 4 aromatic rings. The molecule has 0 saturated heterocycles. The first kappa shape index (κ1) is 39.0. The summed E-state index contributed by atoms with van der Waals surface area (Å²) in [6, 6.07) is 28.0. The van der Waals surface area contributed by atoms with E-state index in [-0.39, 0.29) is 30.9 Å². The molecule has 1 aromatic heterocycles. The van der Waals surface area contributed by atoms with Crippen LogP contribution in [0.15, 0.2) is 78.6 Å². The van der Waals surface area contributed by atoms with Crippen molar-refractivity contribution in [1.82, 2.24) is 4.98 Å². The smallest absolute Gasteiger partial charge is 0 e. The Labute approximate surface area is 351 Å². The second-order valence-corrected chi connectivity index (χ2v) is 31.4. The number of aromatic nitrogens is 1. The third-order valence-electron chi connectivity index (χ3n) is 15.7. The number of nitrogens with zero attached hydrogens (tertiary/aromatic N) is 1. The third kappa shape index (κ3) is 7.25. The van der Waals surface area contributed by atoms with Crippen molar-refractivity contribution < 1.29 is 30.0 Å². The maximum atomic E-state index is 13.4. The van der Waals surface area contributed by atoms with E-state index in [0.717, 1.165) is 90.8 Å². The van der Waals surface area contributed by atoms with Gasteiger partial charge < -0.3 is 5.11 Å². The molecule has 5 heteroatoms. The van der Waals surface area contributed by atoms with Gasteiger partial charge in [0.15, 0.2) is 5.78 Å². The van der Waals surface area contributed by atoms with E-state index < -0.39 is 13.3 Å². The standard InChI is InChI=1S/C28H28GeN.C23H32O2.Ir/c1-29(2,3)24-15-16-27-26(18-24)25(21-10-5-4-6-11-21)19-28(30-27)23-14-13-20-9-7-8-12-22(20)17-23;24-20(22-8-14-1-15(9-22)3-16(2-14)10-22)7-21(25)23-11-17-4-18(12-23)6-19(5-17)13-23;/h4-6,10-11,13,15-19H,7-9,12H2,1-3H3;7,14-19,24H,1-6,8-13H2;/q-1;;/b;20-7-;. The van der Waals surface area contributed by atoms with Crippen LogP contribution in [0.2, 0.25) is 17.3 Å². The normalized spacial score (nSPS) is 32.4. The summed E-state index contributed by atoms with van der Waals surface area (Å²) in [6.45, 7) is 0. The van der Waals surface area contributed by atoms with Crippen LogP contribution >= 0.6 is 0 Å². The number of aliphatic hydroxyl groups is 1. The predicted molar refractivity (Wildman–Crippen MR) is 228 cm³/mol. The molecule has 0 amide bonds. The SMILES string of the molecule is O=C(/C=C(\O)C12CC3CC(CC(C3)C1)C2)C12CC3CC(CC(C3)C1)C2.[CH3][Ge]([CH3])([CH3])[c]1ccc2nc(-c3[c-]cc4c(c3)CCCC4)cc(-c3ccccc3)c2c1.[Ir]. The van der Waals surface area contributed by atoms with Crippen LogP contribution in [0.4, 0.5) is 0 Å². The van der Waals surface area contributed by atoms with Gasteiger partial charge in [-0.15, -0.1) is 0 Å². The number of fused-ring (bicyclic) bond motifs is 2. The molecule has 3 aromatic carbocycles. The van der Waals surface area contributed by atoms with Crippen LogP contribution in [0.1, 0.15) is 101 Å². The number of benzene rings is 3. The van der Waals surface area contributed by atoms with Crippen LogP contribution in [-0.4, -0.2) is 29.1 Å². The molecule has 0 spiro atoms. The second kappa shape index (κ2) is 14.9. The number of carbonyl (C=O) groups is 1. The Balaban J connectivity index is 0.000000146. The molecule has 8 saturated carbocycles. The number of hydrogen-bond acceptors (Lipinski definition) is 3. The third-order valence-corrected chi connectivity index (χ3v) is 20.0. The van der Waals surface area contributed by atoms with Crippen molar-refractivity contribution in [2.24, 2.45) is 46.3 Å². The summed E-state index contributed by atoms with van der Waals surface area (Å²) in [5.41, 5.74) is 8.58. The van der Waals surface area contributed by atoms with E-state index in [4.69, 9.17) is 4.98 Å². The van der Waals surface area contributed by atoms with Crippen LogP contribution in [0, 0.1) is 52.4 Å². The van der Waals surface area contributed by atoms with Gasteiger partial charge in [-0.1, -0.05) is 0 Å². The Bertz CT molecular complexity index is 2090. The molecule has 0 atom stereocenters. The van der Waals surface area contributed by atoms with Gasteiger partial charge in [-0.2, -0.15) is 0 Å². The Morgan fingerprint density at radius 2 is 1.29 bits per heavy atom. The zero-order valence-corrected chi connectivity index (χ0v) is 38.3. The molecule has 1 radical (unpaired) electrons. The molecule has 1 N–H and O–H groups in total. The molecule has 9 aliphatic carbocycles. The van der Waals surface area contributed by atoms with E-state index in [2.05, 4.69) is 90.1 Å². The van der Waals surface area contributed by atoms with Crippen LogP contribution in [0.25, 0.3) is 33.3 Å². The molecule has 0 aliphatic heterocycles. The van der Waals surface area contributed by atoms with Gasteiger partial charge in [-0.3, -0.25) is 4.79 Å². The average Bonchev–Trinajstić information content (AvgIpc) is 3.16. The summed E-state index contributed by atoms with van der Waals surface area (Å²) in [4.78, 5) is 18.5. The number of allylic oxidation sites excluding steroid dienone is 2. The van der Waals surface area contributed by atoms with Crippen molar-refractivity contribution >= 4 is 34.3 Å². The maximum absolute atomic E-state index is 13.4. The quantitative estimate of drug-likeness (QED) is 0.0906. The fourth-order valence-corrected chi connectivity index (χ4v) is 16.2. The molecule has 13 rings (SSSR count). The molecule has 295 valence electrons. The van der Waals surface area contributed by atoms with E-state index >= 15 is 0 Å². The van der Waals surface area contributed by atoms with Gasteiger partial charge in [-0.05, 0) is 113 Å². The molecule has 3 nitrogen and oxygen atoms in total. The zero-order chi connectivity index (χ0) is 37.5. The van der Waals surface area contributed by atoms with Gasteiger partial charge in [0.1, 0.15) is 5.76 Å². The zero-order valence-electron chi connectivity index (χ0n) is 33.8. The Morgan fingerprint density at radius 1 is 0.732 bits per heavy atom. The van der Waals surface area contributed by atoms with E-state index in [1.165, 1.54) is 96.2 Å².